The van der Waals surface area contributed by atoms with Gasteiger partial charge in [0.25, 0.3) is 0 Å². The van der Waals surface area contributed by atoms with E-state index < -0.39 is 28.0 Å². The van der Waals surface area contributed by atoms with E-state index in [2.05, 4.69) is 9.50 Å². The fourth-order valence-electron chi connectivity index (χ4n) is 1.70. The zero-order valence-electron chi connectivity index (χ0n) is 12.9. The lowest BCUT2D eigenvalue weighted by atomic mass is 10.1. The maximum absolute atomic E-state index is 11.8. The van der Waals surface area contributed by atoms with Crippen molar-refractivity contribution in [1.82, 2.24) is 5.32 Å². The summed E-state index contributed by atoms with van der Waals surface area (Å²) < 4.78 is 31.6. The summed E-state index contributed by atoms with van der Waals surface area (Å²) in [5.41, 5.74) is 0.268. The maximum atomic E-state index is 11.8. The van der Waals surface area contributed by atoms with E-state index in [9.17, 15) is 13.2 Å². The molecule has 0 bridgehead atoms. The van der Waals surface area contributed by atoms with E-state index >= 15 is 0 Å². The molecule has 1 aromatic carbocycles. The summed E-state index contributed by atoms with van der Waals surface area (Å²) in [6.07, 6.45) is -0.262. The zero-order chi connectivity index (χ0) is 16.8. The molecule has 0 saturated heterocycles. The van der Waals surface area contributed by atoms with Crippen LogP contribution in [0.15, 0.2) is 30.3 Å². The highest BCUT2D eigenvalue weighted by Gasteiger charge is 2.21. The van der Waals surface area contributed by atoms with Gasteiger partial charge < -0.3 is 10.1 Å². The second-order valence-electron chi connectivity index (χ2n) is 5.81. The van der Waals surface area contributed by atoms with E-state index in [1.807, 2.05) is 30.3 Å². The van der Waals surface area contributed by atoms with E-state index in [-0.39, 0.29) is 6.61 Å². The number of amides is 1. The molecule has 22 heavy (non-hydrogen) atoms. The minimum Gasteiger partial charge on any atom is -0.444 e. The van der Waals surface area contributed by atoms with Gasteiger partial charge in [0.2, 0.25) is 0 Å². The molecule has 0 unspecified atom stereocenters. The number of nitrogens with one attached hydrogen (secondary N) is 1. The smallest absolute Gasteiger partial charge is 0.407 e. The summed E-state index contributed by atoms with van der Waals surface area (Å²) in [6, 6.07) is 8.69. The molecule has 1 aromatic rings. The van der Waals surface area contributed by atoms with Crippen molar-refractivity contribution in [3.05, 3.63) is 35.9 Å². The summed E-state index contributed by atoms with van der Waals surface area (Å²) in [5.74, 6) is 0. The predicted molar refractivity (Wildman–Crippen MR) is 82.4 cm³/mol. The van der Waals surface area contributed by atoms with Crippen molar-refractivity contribution in [2.45, 2.75) is 38.8 Å². The van der Waals surface area contributed by atoms with Gasteiger partial charge in [0.15, 0.2) is 0 Å². The van der Waals surface area contributed by atoms with Crippen LogP contribution in [0, 0.1) is 0 Å². The largest absolute Gasteiger partial charge is 0.444 e. The van der Waals surface area contributed by atoms with Crippen LogP contribution < -0.4 is 10.5 Å². The molecule has 124 valence electrons. The van der Waals surface area contributed by atoms with E-state index in [0.29, 0.717) is 6.42 Å². The van der Waals surface area contributed by atoms with Crippen LogP contribution >= 0.6 is 0 Å². The van der Waals surface area contributed by atoms with Crippen molar-refractivity contribution in [1.29, 1.82) is 0 Å². The Morgan fingerprint density at radius 2 is 1.86 bits per heavy atom. The molecule has 0 saturated carbocycles. The van der Waals surface area contributed by atoms with Crippen LogP contribution in [0.5, 0.6) is 0 Å². The van der Waals surface area contributed by atoms with Crippen molar-refractivity contribution in [3.8, 4) is 0 Å². The van der Waals surface area contributed by atoms with Gasteiger partial charge in [-0.3, -0.25) is 4.18 Å². The Balaban J connectivity index is 2.71. The van der Waals surface area contributed by atoms with E-state index in [0.717, 1.165) is 5.56 Å². The fourth-order valence-corrected chi connectivity index (χ4v) is 2.06. The third-order valence-corrected chi connectivity index (χ3v) is 2.94. The molecule has 0 aliphatic heterocycles. The average Bonchev–Trinajstić information content (AvgIpc) is 2.34. The second kappa shape index (κ2) is 7.57. The molecular formula is C14H22N2O5S. The van der Waals surface area contributed by atoms with Gasteiger partial charge in [-0.1, -0.05) is 30.3 Å². The zero-order valence-corrected chi connectivity index (χ0v) is 13.7. The quantitative estimate of drug-likeness (QED) is 0.818. The molecule has 7 nitrogen and oxygen atoms in total. The van der Waals surface area contributed by atoms with Crippen molar-refractivity contribution in [2.75, 3.05) is 6.61 Å². The summed E-state index contributed by atoms with van der Waals surface area (Å²) in [4.78, 5) is 11.8. The van der Waals surface area contributed by atoms with Gasteiger partial charge in [-0.25, -0.2) is 9.93 Å². The summed E-state index contributed by atoms with van der Waals surface area (Å²) in [7, 11) is -4.07. The third kappa shape index (κ3) is 8.60. The highest BCUT2D eigenvalue weighted by molar-refractivity contribution is 7.84. The molecular weight excluding hydrogens is 308 g/mol. The first-order valence-corrected chi connectivity index (χ1v) is 8.23. The average molecular weight is 330 g/mol. The lowest BCUT2D eigenvalue weighted by molar-refractivity contribution is 0.0488. The Hall–Kier alpha value is -1.64. The lowest BCUT2D eigenvalue weighted by Gasteiger charge is -2.23. The maximum Gasteiger partial charge on any atom is 0.407 e. The number of ether oxygens (including phenoxy) is 1. The molecule has 0 heterocycles. The first kappa shape index (κ1) is 18.4. The van der Waals surface area contributed by atoms with Gasteiger partial charge in [-0.05, 0) is 32.8 Å². The molecule has 8 heteroatoms. The Morgan fingerprint density at radius 1 is 1.27 bits per heavy atom. The van der Waals surface area contributed by atoms with Crippen molar-refractivity contribution >= 4 is 16.4 Å². The predicted octanol–water partition coefficient (Wildman–Crippen LogP) is 1.34. The molecule has 0 fully saturated rings. The summed E-state index contributed by atoms with van der Waals surface area (Å²) >= 11 is 0. The van der Waals surface area contributed by atoms with Gasteiger partial charge in [-0.15, -0.1) is 0 Å². The van der Waals surface area contributed by atoms with E-state index in [1.54, 1.807) is 20.8 Å². The van der Waals surface area contributed by atoms with Crippen LogP contribution in [0.4, 0.5) is 4.79 Å². The molecule has 0 radical (unpaired) electrons. The van der Waals surface area contributed by atoms with Crippen molar-refractivity contribution in [3.63, 3.8) is 0 Å². The minimum absolute atomic E-state index is 0.271. The number of hydrogen-bond donors (Lipinski definition) is 2. The topological polar surface area (TPSA) is 108 Å². The Kier molecular flexibility index (Phi) is 6.34. The molecule has 1 atom stereocenters. The number of rotatable bonds is 6. The normalized spacial score (nSPS) is 13.5. The standard InChI is InChI=1S/C14H22N2O5S/c1-14(2,3)21-13(17)16-12(10-20-22(15,18)19)9-11-7-5-4-6-8-11/h4-8,12H,9-10H2,1-3H3,(H,16,17)(H2,15,18,19)/t12-/m1/s1. The van der Waals surface area contributed by atoms with Gasteiger partial charge in [0.05, 0.1) is 12.6 Å². The molecule has 0 aliphatic carbocycles. The number of nitrogens with two attached hydrogens (primary N) is 1. The number of carbonyl (C=O) groups is 1. The van der Waals surface area contributed by atoms with E-state index in [4.69, 9.17) is 9.88 Å². The minimum atomic E-state index is -4.07. The van der Waals surface area contributed by atoms with Gasteiger partial charge in [0, 0.05) is 0 Å². The molecule has 0 aliphatic rings. The van der Waals surface area contributed by atoms with E-state index in [1.165, 1.54) is 0 Å². The third-order valence-electron chi connectivity index (χ3n) is 2.48. The van der Waals surface area contributed by atoms with Crippen LogP contribution in [0.1, 0.15) is 26.3 Å². The monoisotopic (exact) mass is 330 g/mol. The summed E-state index contributed by atoms with van der Waals surface area (Å²) in [5, 5.41) is 7.40. The molecule has 0 spiro atoms. The Bertz CT molecular complexity index is 581. The first-order valence-electron chi connectivity index (χ1n) is 6.76. The summed E-state index contributed by atoms with van der Waals surface area (Å²) in [6.45, 7) is 4.94. The molecule has 3 N–H and O–H groups in total. The Labute approximate surface area is 131 Å². The molecule has 1 rings (SSSR count). The lowest BCUT2D eigenvalue weighted by Crippen LogP contribution is -2.43. The van der Waals surface area contributed by atoms with Gasteiger partial charge in [-0.2, -0.15) is 8.42 Å². The number of hydrogen-bond acceptors (Lipinski definition) is 5. The van der Waals surface area contributed by atoms with Crippen LogP contribution in [0.25, 0.3) is 0 Å². The van der Waals surface area contributed by atoms with Crippen LogP contribution in [0.2, 0.25) is 0 Å². The first-order chi connectivity index (χ1) is 10.1. The van der Waals surface area contributed by atoms with Crippen molar-refractivity contribution in [2.24, 2.45) is 5.14 Å². The van der Waals surface area contributed by atoms with Crippen molar-refractivity contribution < 1.29 is 22.1 Å². The molecule has 0 aromatic heterocycles. The number of benzene rings is 1. The van der Waals surface area contributed by atoms with Crippen LogP contribution in [-0.4, -0.2) is 32.8 Å². The number of alkyl carbamates (subject to hydrolysis) is 1. The highest BCUT2D eigenvalue weighted by atomic mass is 32.2. The fraction of sp³-hybridized carbons (Fsp3) is 0.500. The van der Waals surface area contributed by atoms with Gasteiger partial charge >= 0.3 is 16.4 Å². The van der Waals surface area contributed by atoms with Crippen LogP contribution in [0.3, 0.4) is 0 Å². The Morgan fingerprint density at radius 3 is 2.36 bits per heavy atom. The van der Waals surface area contributed by atoms with Crippen LogP contribution in [-0.2, 0) is 25.6 Å². The molecule has 1 amide bonds. The van der Waals surface area contributed by atoms with Gasteiger partial charge in [0.1, 0.15) is 5.60 Å². The second-order valence-corrected chi connectivity index (χ2v) is 7.03. The number of carbonyl (C=O) groups excluding carboxylic acids is 1. The highest BCUT2D eigenvalue weighted by Crippen LogP contribution is 2.09. The SMILES string of the molecule is CC(C)(C)OC(=O)N[C@@H](COS(N)(=O)=O)Cc1ccccc1.